The van der Waals surface area contributed by atoms with Crippen LogP contribution in [0.1, 0.15) is 106 Å². The highest BCUT2D eigenvalue weighted by atomic mass is 16.2. The summed E-state index contributed by atoms with van der Waals surface area (Å²) in [6.07, 6.45) is 20.6. The van der Waals surface area contributed by atoms with Crippen LogP contribution in [0.5, 0.6) is 0 Å². The molecular formula is C28H39N3O2. The van der Waals surface area contributed by atoms with E-state index in [1.807, 2.05) is 24.4 Å². The molecule has 2 saturated heterocycles. The Labute approximate surface area is 197 Å². The molecule has 1 amide bonds. The number of hydrogen-bond acceptors (Lipinski definition) is 3. The molecule has 3 atom stereocenters. The molecule has 3 aliphatic rings. The van der Waals surface area contributed by atoms with Gasteiger partial charge in [0.05, 0.1) is 5.56 Å². The molecule has 0 spiro atoms. The van der Waals surface area contributed by atoms with E-state index in [-0.39, 0.29) is 0 Å². The van der Waals surface area contributed by atoms with Crippen LogP contribution in [0.15, 0.2) is 30.5 Å². The Morgan fingerprint density at radius 2 is 1.30 bits per heavy atom. The van der Waals surface area contributed by atoms with Crippen LogP contribution in [-0.4, -0.2) is 39.3 Å². The molecule has 5 nitrogen and oxygen atoms in total. The van der Waals surface area contributed by atoms with E-state index in [9.17, 15) is 9.59 Å². The molecule has 0 unspecified atom stereocenters. The molecule has 1 aromatic heterocycles. The average Bonchev–Trinajstić information content (AvgIpc) is 3.21. The number of nitrogens with zero attached hydrogens (tertiary/aromatic N) is 2. The molecule has 2 aliphatic heterocycles. The fraction of sp³-hybridized carbons (Fsp3) is 0.643. The second-order valence-electron chi connectivity index (χ2n) is 10.7. The number of carbonyl (C=O) groups excluding carboxylic acids is 2. The zero-order valence-electron chi connectivity index (χ0n) is 19.9. The van der Waals surface area contributed by atoms with Gasteiger partial charge in [-0.1, -0.05) is 69.6 Å². The standard InChI is InChI=1S/C28H39N3O2/c29-28(33)27(32)25-19-30(26-16-9-8-15-24(25)26)23-17-21-13-10-14-22(18-23)31(21)20-11-6-4-2-1-3-5-7-12-20/h8-9,15-16,19-23H,1-7,10-14,17-18H2,(H2,29,33)/t21-,22+,23+. The SMILES string of the molecule is NC(=O)C(=O)c1cn([C@H]2C[C@H]3CCC[C@@H](C2)N3C2CCCCCCCCC2)c2ccccc12. The van der Waals surface area contributed by atoms with E-state index in [0.29, 0.717) is 23.7 Å². The van der Waals surface area contributed by atoms with Gasteiger partial charge in [0.2, 0.25) is 0 Å². The predicted octanol–water partition coefficient (Wildman–Crippen LogP) is 5.76. The Balaban J connectivity index is 1.40. The van der Waals surface area contributed by atoms with Crippen molar-refractivity contribution in [3.63, 3.8) is 0 Å². The molecule has 1 aliphatic carbocycles. The van der Waals surface area contributed by atoms with Gasteiger partial charge in [-0.25, -0.2) is 0 Å². The first kappa shape index (κ1) is 22.6. The third-order valence-corrected chi connectivity index (χ3v) is 8.60. The lowest BCUT2D eigenvalue weighted by Gasteiger charge is -2.53. The summed E-state index contributed by atoms with van der Waals surface area (Å²) >= 11 is 0. The number of carbonyl (C=O) groups is 2. The third-order valence-electron chi connectivity index (χ3n) is 8.60. The number of para-hydroxylation sites is 1. The molecule has 3 heterocycles. The van der Waals surface area contributed by atoms with Crippen molar-refractivity contribution < 1.29 is 9.59 Å². The smallest absolute Gasteiger partial charge is 0.289 e. The van der Waals surface area contributed by atoms with Crippen molar-refractivity contribution in [2.45, 2.75) is 114 Å². The Hall–Kier alpha value is -2.14. The number of primary amides is 1. The van der Waals surface area contributed by atoms with Gasteiger partial charge in [0.15, 0.2) is 0 Å². The molecule has 0 radical (unpaired) electrons. The summed E-state index contributed by atoms with van der Waals surface area (Å²) in [6, 6.07) is 10.4. The highest BCUT2D eigenvalue weighted by Crippen LogP contribution is 2.43. The first-order valence-corrected chi connectivity index (χ1v) is 13.3. The third kappa shape index (κ3) is 4.62. The predicted molar refractivity (Wildman–Crippen MR) is 132 cm³/mol. The van der Waals surface area contributed by atoms with Gasteiger partial charge in [-0.3, -0.25) is 14.5 Å². The summed E-state index contributed by atoms with van der Waals surface area (Å²) in [5.41, 5.74) is 6.87. The van der Waals surface area contributed by atoms with Crippen molar-refractivity contribution in [3.05, 3.63) is 36.0 Å². The van der Waals surface area contributed by atoms with Crippen LogP contribution in [0.25, 0.3) is 10.9 Å². The lowest BCUT2D eigenvalue weighted by molar-refractivity contribution is -0.114. The number of fused-ring (bicyclic) bond motifs is 3. The lowest BCUT2D eigenvalue weighted by atomic mass is 9.79. The molecule has 2 aromatic rings. The summed E-state index contributed by atoms with van der Waals surface area (Å²) in [5.74, 6) is -1.45. The lowest BCUT2D eigenvalue weighted by Crippen LogP contribution is -2.56. The zero-order valence-corrected chi connectivity index (χ0v) is 19.9. The minimum absolute atomic E-state index is 0.371. The van der Waals surface area contributed by atoms with Crippen LogP contribution in [0.2, 0.25) is 0 Å². The second kappa shape index (κ2) is 10.0. The normalized spacial score (nSPS) is 27.9. The van der Waals surface area contributed by atoms with E-state index >= 15 is 0 Å². The van der Waals surface area contributed by atoms with E-state index in [4.69, 9.17) is 5.73 Å². The van der Waals surface area contributed by atoms with Crippen molar-refractivity contribution in [3.8, 4) is 0 Å². The summed E-state index contributed by atoms with van der Waals surface area (Å²) in [4.78, 5) is 27.1. The maximum absolute atomic E-state index is 12.5. The van der Waals surface area contributed by atoms with Gasteiger partial charge < -0.3 is 10.3 Å². The monoisotopic (exact) mass is 449 g/mol. The van der Waals surface area contributed by atoms with Crippen molar-refractivity contribution >= 4 is 22.6 Å². The number of amides is 1. The van der Waals surface area contributed by atoms with E-state index in [0.717, 1.165) is 29.8 Å². The summed E-state index contributed by atoms with van der Waals surface area (Å²) < 4.78 is 2.29. The number of benzene rings is 1. The van der Waals surface area contributed by atoms with E-state index in [2.05, 4.69) is 15.5 Å². The summed E-state index contributed by atoms with van der Waals surface area (Å²) in [6.45, 7) is 0. The number of Topliss-reactive ketones (excluding diaryl/α,β-unsaturated/α-hetero) is 1. The molecule has 1 aromatic carbocycles. The van der Waals surface area contributed by atoms with Gasteiger partial charge in [0, 0.05) is 41.3 Å². The molecule has 2 N–H and O–H groups in total. The molecule has 5 rings (SSSR count). The minimum atomic E-state index is -0.874. The Morgan fingerprint density at radius 1 is 0.727 bits per heavy atom. The largest absolute Gasteiger partial charge is 0.363 e. The molecule has 1 saturated carbocycles. The number of piperidine rings is 2. The fourth-order valence-corrected chi connectivity index (χ4v) is 7.12. The Kier molecular flexibility index (Phi) is 6.86. The molecule has 5 heteroatoms. The van der Waals surface area contributed by atoms with Gasteiger partial charge in [0.1, 0.15) is 0 Å². The van der Waals surface area contributed by atoms with E-state index in [1.165, 1.54) is 77.0 Å². The van der Waals surface area contributed by atoms with Gasteiger partial charge in [-0.05, 0) is 44.6 Å². The maximum Gasteiger partial charge on any atom is 0.289 e. The van der Waals surface area contributed by atoms with Gasteiger partial charge in [0.25, 0.3) is 11.7 Å². The molecule has 178 valence electrons. The number of aromatic nitrogens is 1. The number of rotatable bonds is 4. The number of hydrogen-bond donors (Lipinski definition) is 1. The highest BCUT2D eigenvalue weighted by molar-refractivity contribution is 6.44. The van der Waals surface area contributed by atoms with Crippen LogP contribution in [-0.2, 0) is 4.79 Å². The molecular weight excluding hydrogens is 410 g/mol. The Morgan fingerprint density at radius 3 is 1.94 bits per heavy atom. The Bertz CT molecular complexity index is 972. The van der Waals surface area contributed by atoms with Crippen LogP contribution in [0.3, 0.4) is 0 Å². The zero-order chi connectivity index (χ0) is 22.8. The van der Waals surface area contributed by atoms with Gasteiger partial charge in [-0.2, -0.15) is 0 Å². The van der Waals surface area contributed by atoms with Crippen LogP contribution >= 0.6 is 0 Å². The van der Waals surface area contributed by atoms with Crippen LogP contribution < -0.4 is 5.73 Å². The molecule has 2 bridgehead atoms. The molecule has 33 heavy (non-hydrogen) atoms. The topological polar surface area (TPSA) is 68.3 Å². The molecule has 3 fully saturated rings. The van der Waals surface area contributed by atoms with Crippen molar-refractivity contribution in [2.75, 3.05) is 0 Å². The van der Waals surface area contributed by atoms with Crippen molar-refractivity contribution in [1.29, 1.82) is 0 Å². The maximum atomic E-state index is 12.5. The minimum Gasteiger partial charge on any atom is -0.363 e. The van der Waals surface area contributed by atoms with Crippen molar-refractivity contribution in [1.82, 2.24) is 9.47 Å². The van der Waals surface area contributed by atoms with E-state index in [1.54, 1.807) is 0 Å². The summed E-state index contributed by atoms with van der Waals surface area (Å²) in [7, 11) is 0. The summed E-state index contributed by atoms with van der Waals surface area (Å²) in [5, 5.41) is 0.848. The number of ketones is 1. The van der Waals surface area contributed by atoms with Crippen LogP contribution in [0.4, 0.5) is 0 Å². The van der Waals surface area contributed by atoms with Gasteiger partial charge >= 0.3 is 0 Å². The second-order valence-corrected chi connectivity index (χ2v) is 10.7. The van der Waals surface area contributed by atoms with Crippen molar-refractivity contribution in [2.24, 2.45) is 5.73 Å². The number of nitrogens with two attached hydrogens (primary N) is 1. The quantitative estimate of drug-likeness (QED) is 0.476. The fourth-order valence-electron chi connectivity index (χ4n) is 7.12. The first-order chi connectivity index (χ1) is 16.1. The highest BCUT2D eigenvalue weighted by Gasteiger charge is 2.42. The average molecular weight is 450 g/mol. The van der Waals surface area contributed by atoms with Gasteiger partial charge in [-0.15, -0.1) is 0 Å². The first-order valence-electron chi connectivity index (χ1n) is 13.3. The van der Waals surface area contributed by atoms with Crippen LogP contribution in [0, 0.1) is 0 Å². The van der Waals surface area contributed by atoms with E-state index < -0.39 is 11.7 Å².